The molecule has 0 spiro atoms. The zero-order valence-corrected chi connectivity index (χ0v) is 24.1. The second-order valence-corrected chi connectivity index (χ2v) is 12.3. The highest BCUT2D eigenvalue weighted by atomic mass is 32.2. The van der Waals surface area contributed by atoms with Crippen LogP contribution in [0, 0.1) is 5.92 Å². The average molecular weight is 562 g/mol. The van der Waals surface area contributed by atoms with Gasteiger partial charge < -0.3 is 24.4 Å². The van der Waals surface area contributed by atoms with Crippen molar-refractivity contribution in [2.24, 2.45) is 5.92 Å². The molecule has 1 fully saturated rings. The molecular weight excluding hydrogens is 522 g/mol. The fourth-order valence-electron chi connectivity index (χ4n) is 4.35. The summed E-state index contributed by atoms with van der Waals surface area (Å²) in [4.78, 5) is 26.9. The highest BCUT2D eigenvalue weighted by Crippen LogP contribution is 2.29. The number of likely N-dealkylation sites (tertiary alicyclic amines) is 1. The van der Waals surface area contributed by atoms with Gasteiger partial charge in [-0.3, -0.25) is 4.79 Å². The number of hydrogen-bond acceptors (Lipinski definition) is 7. The van der Waals surface area contributed by atoms with Gasteiger partial charge in [0.05, 0.1) is 19.1 Å². The Kier molecular flexibility index (Phi) is 10.2. The SMILES string of the molecule is COc1ccc(S(=O)(=O)NCc2cccc(C(=O)NCCC3CCCN(C(=O)OC(C)(C)C)C3)c2)cc1OC. The van der Waals surface area contributed by atoms with E-state index >= 15 is 0 Å². The molecule has 1 unspecified atom stereocenters. The number of ether oxygens (including phenoxy) is 3. The van der Waals surface area contributed by atoms with Crippen LogP contribution < -0.4 is 19.5 Å². The van der Waals surface area contributed by atoms with Crippen LogP contribution in [0.3, 0.4) is 0 Å². The number of rotatable bonds is 10. The van der Waals surface area contributed by atoms with E-state index in [0.717, 1.165) is 19.3 Å². The van der Waals surface area contributed by atoms with Crippen LogP contribution in [0.2, 0.25) is 0 Å². The van der Waals surface area contributed by atoms with Gasteiger partial charge in [0.2, 0.25) is 10.0 Å². The second-order valence-electron chi connectivity index (χ2n) is 10.5. The molecule has 1 heterocycles. The van der Waals surface area contributed by atoms with E-state index in [1.54, 1.807) is 29.2 Å². The third-order valence-corrected chi connectivity index (χ3v) is 7.73. The lowest BCUT2D eigenvalue weighted by molar-refractivity contribution is 0.0161. The summed E-state index contributed by atoms with van der Waals surface area (Å²) in [6, 6.07) is 11.2. The van der Waals surface area contributed by atoms with E-state index in [0.29, 0.717) is 42.3 Å². The number of carbonyl (C=O) groups is 2. The summed E-state index contributed by atoms with van der Waals surface area (Å²) in [5.41, 5.74) is 0.555. The van der Waals surface area contributed by atoms with Gasteiger partial charge in [0, 0.05) is 37.8 Å². The first-order chi connectivity index (χ1) is 18.4. The van der Waals surface area contributed by atoms with E-state index in [9.17, 15) is 18.0 Å². The molecular formula is C28H39N3O7S. The van der Waals surface area contributed by atoms with Crippen LogP contribution in [0.1, 0.15) is 56.0 Å². The number of piperidine rings is 1. The molecule has 10 nitrogen and oxygen atoms in total. The Hall–Kier alpha value is -3.31. The summed E-state index contributed by atoms with van der Waals surface area (Å²) in [6.07, 6.45) is 2.34. The smallest absolute Gasteiger partial charge is 0.410 e. The molecule has 3 rings (SSSR count). The Morgan fingerprint density at radius 2 is 1.79 bits per heavy atom. The molecule has 1 saturated heterocycles. The Balaban J connectivity index is 1.51. The van der Waals surface area contributed by atoms with Crippen molar-refractivity contribution in [2.75, 3.05) is 33.9 Å². The average Bonchev–Trinajstić information content (AvgIpc) is 2.91. The van der Waals surface area contributed by atoms with Crippen molar-refractivity contribution in [3.8, 4) is 11.5 Å². The van der Waals surface area contributed by atoms with Crippen LogP contribution in [-0.4, -0.2) is 64.8 Å². The molecule has 2 aromatic carbocycles. The van der Waals surface area contributed by atoms with E-state index in [4.69, 9.17) is 14.2 Å². The minimum absolute atomic E-state index is 0.0143. The third-order valence-electron chi connectivity index (χ3n) is 6.33. The lowest BCUT2D eigenvalue weighted by Gasteiger charge is -2.34. The van der Waals surface area contributed by atoms with Crippen molar-refractivity contribution in [1.29, 1.82) is 0 Å². The molecule has 0 radical (unpaired) electrons. The Morgan fingerprint density at radius 1 is 1.05 bits per heavy atom. The Morgan fingerprint density at radius 3 is 2.49 bits per heavy atom. The van der Waals surface area contributed by atoms with Crippen molar-refractivity contribution in [3.05, 3.63) is 53.6 Å². The molecule has 2 amide bonds. The molecule has 39 heavy (non-hydrogen) atoms. The van der Waals surface area contributed by atoms with Crippen molar-refractivity contribution in [2.45, 2.75) is 57.1 Å². The van der Waals surface area contributed by atoms with Crippen molar-refractivity contribution >= 4 is 22.0 Å². The number of amides is 2. The topological polar surface area (TPSA) is 123 Å². The number of hydrogen-bond donors (Lipinski definition) is 2. The fourth-order valence-corrected chi connectivity index (χ4v) is 5.39. The third kappa shape index (κ3) is 8.86. The highest BCUT2D eigenvalue weighted by molar-refractivity contribution is 7.89. The first-order valence-corrected chi connectivity index (χ1v) is 14.5. The predicted molar refractivity (Wildman–Crippen MR) is 147 cm³/mol. The lowest BCUT2D eigenvalue weighted by atomic mass is 9.95. The standard InChI is InChI=1S/C28H39N3O7S/c1-28(2,3)38-27(33)31-15-7-9-20(19-31)13-14-29-26(32)22-10-6-8-21(16-22)18-30-39(34,35)23-11-12-24(36-4)25(17-23)37-5/h6,8,10-12,16-17,20,30H,7,9,13-15,18-19H2,1-5H3,(H,29,32). The van der Waals surface area contributed by atoms with Gasteiger partial charge in [0.15, 0.2) is 11.5 Å². The zero-order chi connectivity index (χ0) is 28.6. The first-order valence-electron chi connectivity index (χ1n) is 13.0. The minimum atomic E-state index is -3.82. The molecule has 11 heteroatoms. The molecule has 2 N–H and O–H groups in total. The molecule has 0 aliphatic carbocycles. The Bertz CT molecular complexity index is 1260. The van der Waals surface area contributed by atoms with Crippen LogP contribution >= 0.6 is 0 Å². The number of sulfonamides is 1. The number of methoxy groups -OCH3 is 2. The summed E-state index contributed by atoms with van der Waals surface area (Å²) in [5, 5.41) is 2.94. The van der Waals surface area contributed by atoms with Gasteiger partial charge in [-0.1, -0.05) is 12.1 Å². The zero-order valence-electron chi connectivity index (χ0n) is 23.3. The van der Waals surface area contributed by atoms with Crippen LogP contribution in [-0.2, 0) is 21.3 Å². The highest BCUT2D eigenvalue weighted by Gasteiger charge is 2.27. The molecule has 1 aliphatic rings. The first kappa shape index (κ1) is 30.2. The fraction of sp³-hybridized carbons (Fsp3) is 0.500. The molecule has 1 aliphatic heterocycles. The summed E-state index contributed by atoms with van der Waals surface area (Å²) < 4.78 is 44.0. The molecule has 1 atom stereocenters. The molecule has 214 valence electrons. The maximum absolute atomic E-state index is 12.8. The normalized spacial score (nSPS) is 15.9. The maximum atomic E-state index is 12.8. The summed E-state index contributed by atoms with van der Waals surface area (Å²) >= 11 is 0. The minimum Gasteiger partial charge on any atom is -0.493 e. The van der Waals surface area contributed by atoms with E-state index in [2.05, 4.69) is 10.0 Å². The largest absolute Gasteiger partial charge is 0.493 e. The van der Waals surface area contributed by atoms with Crippen LogP contribution in [0.15, 0.2) is 47.4 Å². The van der Waals surface area contributed by atoms with E-state index in [-0.39, 0.29) is 29.4 Å². The van der Waals surface area contributed by atoms with Gasteiger partial charge in [-0.05, 0) is 75.8 Å². The quantitative estimate of drug-likeness (QED) is 0.450. The molecule has 0 saturated carbocycles. The number of benzene rings is 2. The number of carbonyl (C=O) groups excluding carboxylic acids is 2. The van der Waals surface area contributed by atoms with Crippen LogP contribution in [0.25, 0.3) is 0 Å². The summed E-state index contributed by atoms with van der Waals surface area (Å²) in [7, 11) is -0.907. The van der Waals surface area contributed by atoms with Gasteiger partial charge >= 0.3 is 6.09 Å². The molecule has 2 aromatic rings. The van der Waals surface area contributed by atoms with Gasteiger partial charge in [0.25, 0.3) is 5.91 Å². The van der Waals surface area contributed by atoms with Gasteiger partial charge in [-0.25, -0.2) is 17.9 Å². The summed E-state index contributed by atoms with van der Waals surface area (Å²) in [6.45, 7) is 7.33. The lowest BCUT2D eigenvalue weighted by Crippen LogP contribution is -2.43. The van der Waals surface area contributed by atoms with Crippen LogP contribution in [0.4, 0.5) is 4.79 Å². The molecule has 0 aromatic heterocycles. The van der Waals surface area contributed by atoms with Crippen LogP contribution in [0.5, 0.6) is 11.5 Å². The Labute approximate surface area is 231 Å². The summed E-state index contributed by atoms with van der Waals surface area (Å²) in [5.74, 6) is 0.784. The van der Waals surface area contributed by atoms with E-state index in [1.165, 1.54) is 32.4 Å². The monoisotopic (exact) mass is 561 g/mol. The van der Waals surface area contributed by atoms with Crippen molar-refractivity contribution < 1.29 is 32.2 Å². The molecule has 0 bridgehead atoms. The van der Waals surface area contributed by atoms with Gasteiger partial charge in [-0.2, -0.15) is 0 Å². The number of nitrogens with zero attached hydrogens (tertiary/aromatic N) is 1. The maximum Gasteiger partial charge on any atom is 0.410 e. The number of nitrogens with one attached hydrogen (secondary N) is 2. The predicted octanol–water partition coefficient (Wildman–Crippen LogP) is 3.95. The van der Waals surface area contributed by atoms with Crippen molar-refractivity contribution in [3.63, 3.8) is 0 Å². The van der Waals surface area contributed by atoms with Crippen molar-refractivity contribution in [1.82, 2.24) is 14.9 Å². The van der Waals surface area contributed by atoms with E-state index in [1.807, 2.05) is 20.8 Å². The second kappa shape index (κ2) is 13.2. The van der Waals surface area contributed by atoms with Gasteiger partial charge in [-0.15, -0.1) is 0 Å². The van der Waals surface area contributed by atoms with E-state index < -0.39 is 15.6 Å². The van der Waals surface area contributed by atoms with Gasteiger partial charge in [0.1, 0.15) is 5.60 Å².